The molecular weight excluding hydrogens is 192 g/mol. The fraction of sp³-hybridized carbons (Fsp3) is 0.750. The van der Waals surface area contributed by atoms with Crippen LogP contribution in [0.15, 0.2) is 22.8 Å². The fourth-order valence-corrected chi connectivity index (χ4v) is 3.00. The molecule has 0 aromatic rings. The van der Waals surface area contributed by atoms with Gasteiger partial charge in [0, 0.05) is 0 Å². The summed E-state index contributed by atoms with van der Waals surface area (Å²) in [6.45, 7) is 11.7. The zero-order valence-corrected chi connectivity index (χ0v) is 11.8. The van der Waals surface area contributed by atoms with Crippen LogP contribution in [0.25, 0.3) is 0 Å². The van der Waals surface area contributed by atoms with E-state index < -0.39 is 0 Å². The van der Waals surface area contributed by atoms with E-state index in [9.17, 15) is 0 Å². The third-order valence-electron chi connectivity index (χ3n) is 4.01. The van der Waals surface area contributed by atoms with Gasteiger partial charge in [0.25, 0.3) is 0 Å². The van der Waals surface area contributed by atoms with Gasteiger partial charge in [0.2, 0.25) is 0 Å². The number of rotatable bonds is 4. The standard InChI is InChI=1S/C16H28/c1-6-8-13(2)10-11-15-14(3)9-7-12-16(15,4)5/h8H,6-7,9-12H2,1-5H3. The molecule has 0 nitrogen and oxygen atoms in total. The van der Waals surface area contributed by atoms with Gasteiger partial charge < -0.3 is 0 Å². The van der Waals surface area contributed by atoms with Crippen molar-refractivity contribution >= 4 is 0 Å². The van der Waals surface area contributed by atoms with E-state index in [2.05, 4.69) is 40.7 Å². The zero-order valence-electron chi connectivity index (χ0n) is 11.8. The van der Waals surface area contributed by atoms with E-state index in [1.54, 1.807) is 16.7 Å². The molecule has 0 saturated heterocycles. The van der Waals surface area contributed by atoms with E-state index >= 15 is 0 Å². The summed E-state index contributed by atoms with van der Waals surface area (Å²) in [6, 6.07) is 0. The molecule has 16 heavy (non-hydrogen) atoms. The molecule has 0 fully saturated rings. The summed E-state index contributed by atoms with van der Waals surface area (Å²) in [5, 5.41) is 0. The van der Waals surface area contributed by atoms with Crippen LogP contribution in [0.2, 0.25) is 0 Å². The van der Waals surface area contributed by atoms with Gasteiger partial charge in [-0.15, -0.1) is 0 Å². The maximum absolute atomic E-state index is 2.42. The highest BCUT2D eigenvalue weighted by atomic mass is 14.3. The molecule has 0 N–H and O–H groups in total. The smallest absolute Gasteiger partial charge is 0.0142 e. The fourth-order valence-electron chi connectivity index (χ4n) is 3.00. The van der Waals surface area contributed by atoms with E-state index in [-0.39, 0.29) is 0 Å². The van der Waals surface area contributed by atoms with Crippen LogP contribution in [-0.4, -0.2) is 0 Å². The molecule has 1 rings (SSSR count). The highest BCUT2D eigenvalue weighted by molar-refractivity contribution is 5.23. The lowest BCUT2D eigenvalue weighted by molar-refractivity contribution is 0.354. The SMILES string of the molecule is CCC=C(C)CCC1=C(C)CCCC1(C)C. The van der Waals surface area contributed by atoms with Crippen LogP contribution in [0.5, 0.6) is 0 Å². The topological polar surface area (TPSA) is 0 Å². The minimum Gasteiger partial charge on any atom is -0.0859 e. The zero-order chi connectivity index (χ0) is 12.2. The summed E-state index contributed by atoms with van der Waals surface area (Å²) in [7, 11) is 0. The normalized spacial score (nSPS) is 21.4. The van der Waals surface area contributed by atoms with E-state index in [1.807, 2.05) is 0 Å². The summed E-state index contributed by atoms with van der Waals surface area (Å²) in [5.74, 6) is 0. The molecule has 0 aromatic heterocycles. The predicted molar refractivity (Wildman–Crippen MR) is 73.6 cm³/mol. The quantitative estimate of drug-likeness (QED) is 0.537. The molecule has 1 aliphatic carbocycles. The monoisotopic (exact) mass is 220 g/mol. The molecule has 0 spiro atoms. The Hall–Kier alpha value is -0.520. The molecule has 0 amide bonds. The van der Waals surface area contributed by atoms with Crippen molar-refractivity contribution in [2.24, 2.45) is 5.41 Å². The third kappa shape index (κ3) is 3.50. The van der Waals surface area contributed by atoms with Gasteiger partial charge in [0.1, 0.15) is 0 Å². The van der Waals surface area contributed by atoms with Gasteiger partial charge in [-0.25, -0.2) is 0 Å². The Morgan fingerprint density at radius 2 is 2.06 bits per heavy atom. The highest BCUT2D eigenvalue weighted by Gasteiger charge is 2.27. The van der Waals surface area contributed by atoms with Crippen molar-refractivity contribution < 1.29 is 0 Å². The lowest BCUT2D eigenvalue weighted by Crippen LogP contribution is -2.20. The first-order valence-electron chi connectivity index (χ1n) is 6.82. The summed E-state index contributed by atoms with van der Waals surface area (Å²) in [5.41, 5.74) is 5.42. The second kappa shape index (κ2) is 5.70. The molecule has 92 valence electrons. The van der Waals surface area contributed by atoms with E-state index in [0.29, 0.717) is 5.41 Å². The highest BCUT2D eigenvalue weighted by Crippen LogP contribution is 2.42. The van der Waals surface area contributed by atoms with Crippen LogP contribution >= 0.6 is 0 Å². The van der Waals surface area contributed by atoms with Crippen molar-refractivity contribution in [3.63, 3.8) is 0 Å². The van der Waals surface area contributed by atoms with Gasteiger partial charge >= 0.3 is 0 Å². The largest absolute Gasteiger partial charge is 0.0859 e. The van der Waals surface area contributed by atoms with Crippen molar-refractivity contribution in [2.75, 3.05) is 0 Å². The van der Waals surface area contributed by atoms with Crippen LogP contribution in [-0.2, 0) is 0 Å². The van der Waals surface area contributed by atoms with Crippen LogP contribution < -0.4 is 0 Å². The van der Waals surface area contributed by atoms with Gasteiger partial charge in [-0.05, 0) is 57.8 Å². The number of allylic oxidation sites excluding steroid dienone is 4. The number of hydrogen-bond acceptors (Lipinski definition) is 0. The first-order chi connectivity index (χ1) is 7.47. The Balaban J connectivity index is 2.67. The summed E-state index contributed by atoms with van der Waals surface area (Å²) >= 11 is 0. The molecule has 0 saturated carbocycles. The molecule has 0 bridgehead atoms. The molecule has 0 heteroatoms. The molecule has 0 radical (unpaired) electrons. The van der Waals surface area contributed by atoms with Crippen molar-refractivity contribution in [3.05, 3.63) is 22.8 Å². The van der Waals surface area contributed by atoms with Gasteiger partial charge in [-0.1, -0.05) is 43.6 Å². The first kappa shape index (κ1) is 13.5. The van der Waals surface area contributed by atoms with Crippen molar-refractivity contribution in [2.45, 2.75) is 73.1 Å². The van der Waals surface area contributed by atoms with Crippen LogP contribution in [0, 0.1) is 5.41 Å². The Morgan fingerprint density at radius 3 is 2.62 bits per heavy atom. The second-order valence-electron chi connectivity index (χ2n) is 5.96. The minimum atomic E-state index is 0.453. The Morgan fingerprint density at radius 1 is 1.38 bits per heavy atom. The van der Waals surface area contributed by atoms with E-state index in [0.717, 1.165) is 0 Å². The molecule has 0 aliphatic heterocycles. The van der Waals surface area contributed by atoms with Crippen molar-refractivity contribution in [3.8, 4) is 0 Å². The lowest BCUT2D eigenvalue weighted by Gasteiger charge is -2.34. The summed E-state index contributed by atoms with van der Waals surface area (Å²) in [6.07, 6.45) is 10.2. The van der Waals surface area contributed by atoms with Crippen LogP contribution in [0.4, 0.5) is 0 Å². The van der Waals surface area contributed by atoms with Crippen LogP contribution in [0.1, 0.15) is 73.1 Å². The molecule has 0 heterocycles. The van der Waals surface area contributed by atoms with E-state index in [4.69, 9.17) is 0 Å². The Bertz CT molecular complexity index is 289. The number of hydrogen-bond donors (Lipinski definition) is 0. The maximum atomic E-state index is 2.42. The average molecular weight is 220 g/mol. The lowest BCUT2D eigenvalue weighted by atomic mass is 9.71. The van der Waals surface area contributed by atoms with Gasteiger partial charge in [0.05, 0.1) is 0 Å². The minimum absolute atomic E-state index is 0.453. The van der Waals surface area contributed by atoms with Gasteiger partial charge in [-0.3, -0.25) is 0 Å². The maximum Gasteiger partial charge on any atom is -0.0142 e. The van der Waals surface area contributed by atoms with E-state index in [1.165, 1.54) is 38.5 Å². The van der Waals surface area contributed by atoms with Crippen molar-refractivity contribution in [1.82, 2.24) is 0 Å². The third-order valence-corrected chi connectivity index (χ3v) is 4.01. The summed E-state index contributed by atoms with van der Waals surface area (Å²) in [4.78, 5) is 0. The first-order valence-corrected chi connectivity index (χ1v) is 6.82. The predicted octanol–water partition coefficient (Wildman–Crippen LogP) is 5.65. The Labute approximate surface area is 102 Å². The molecule has 0 atom stereocenters. The van der Waals surface area contributed by atoms with Gasteiger partial charge in [-0.2, -0.15) is 0 Å². The molecule has 0 aromatic carbocycles. The van der Waals surface area contributed by atoms with Crippen LogP contribution in [0.3, 0.4) is 0 Å². The molecule has 1 aliphatic rings. The molecular formula is C16H28. The average Bonchev–Trinajstić information content (AvgIpc) is 2.16. The van der Waals surface area contributed by atoms with Crippen molar-refractivity contribution in [1.29, 1.82) is 0 Å². The molecule has 0 unspecified atom stereocenters. The van der Waals surface area contributed by atoms with Gasteiger partial charge in [0.15, 0.2) is 0 Å². The Kier molecular flexibility index (Phi) is 4.83. The second-order valence-corrected chi connectivity index (χ2v) is 5.96. The summed E-state index contributed by atoms with van der Waals surface area (Å²) < 4.78 is 0.